The molecule has 9 heteroatoms. The normalized spacial score (nSPS) is 11.4. The highest BCUT2D eigenvalue weighted by Gasteiger charge is 2.29. The Morgan fingerprint density at radius 1 is 1.03 bits per heavy atom. The fraction of sp³-hybridized carbons (Fsp3) is 0.143. The molecule has 1 aromatic heterocycles. The first-order chi connectivity index (χ1) is 17.9. The number of nitriles is 1. The number of benzene rings is 3. The van der Waals surface area contributed by atoms with Crippen LogP contribution in [0, 0.1) is 11.3 Å². The van der Waals surface area contributed by atoms with Crippen molar-refractivity contribution in [2.24, 2.45) is 0 Å². The first kappa shape index (κ1) is 25.0. The zero-order valence-electron chi connectivity index (χ0n) is 20.1. The third kappa shape index (κ3) is 5.77. The quantitative estimate of drug-likeness (QED) is 0.386. The molecule has 4 aromatic rings. The van der Waals surface area contributed by atoms with Gasteiger partial charge in [0.2, 0.25) is 0 Å². The fourth-order valence-electron chi connectivity index (χ4n) is 3.91. The highest BCUT2D eigenvalue weighted by molar-refractivity contribution is 5.98. The molecular weight excluding hydrogens is 470 g/mol. The average Bonchev–Trinajstić information content (AvgIpc) is 2.91. The van der Waals surface area contributed by atoms with E-state index in [-0.39, 0.29) is 24.6 Å². The van der Waals surface area contributed by atoms with E-state index in [4.69, 9.17) is 15.7 Å². The number of hydrogen-bond acceptors (Lipinski definition) is 6. The summed E-state index contributed by atoms with van der Waals surface area (Å²) >= 11 is 0. The summed E-state index contributed by atoms with van der Waals surface area (Å²) in [6.45, 7) is 1.67. The summed E-state index contributed by atoms with van der Waals surface area (Å²) in [4.78, 5) is 42.9. The number of carbonyl (C=O) groups is 1. The molecule has 0 aliphatic heterocycles. The van der Waals surface area contributed by atoms with Crippen LogP contribution in [0.5, 0.6) is 5.75 Å². The van der Waals surface area contributed by atoms with Gasteiger partial charge >= 0.3 is 5.69 Å². The molecule has 186 valence electrons. The predicted molar refractivity (Wildman–Crippen MR) is 140 cm³/mol. The maximum absolute atomic E-state index is 13.7. The number of nitrogens with two attached hydrogens (primary N) is 1. The topological polar surface area (TPSA) is 134 Å². The zero-order chi connectivity index (χ0) is 26.4. The molecule has 1 unspecified atom stereocenters. The Bertz CT molecular complexity index is 1560. The van der Waals surface area contributed by atoms with Crippen molar-refractivity contribution in [3.05, 3.63) is 122 Å². The molecule has 9 nitrogen and oxygen atoms in total. The number of rotatable bonds is 8. The minimum atomic E-state index is -1.04. The average molecular weight is 496 g/mol. The van der Waals surface area contributed by atoms with E-state index in [1.165, 1.54) is 15.5 Å². The van der Waals surface area contributed by atoms with Crippen LogP contribution in [-0.4, -0.2) is 21.6 Å². The molecule has 0 saturated heterocycles. The smallest absolute Gasteiger partial charge is 0.330 e. The van der Waals surface area contributed by atoms with E-state index in [0.29, 0.717) is 11.3 Å². The highest BCUT2D eigenvalue weighted by atomic mass is 16.5. The molecule has 0 aliphatic rings. The lowest BCUT2D eigenvalue weighted by atomic mass is 10.1. The van der Waals surface area contributed by atoms with Crippen LogP contribution >= 0.6 is 0 Å². The number of nitrogens with one attached hydrogen (secondary N) is 1. The van der Waals surface area contributed by atoms with Crippen LogP contribution in [0.4, 0.5) is 11.5 Å². The van der Waals surface area contributed by atoms with E-state index in [2.05, 4.69) is 4.98 Å². The van der Waals surface area contributed by atoms with Gasteiger partial charge in [-0.15, -0.1) is 0 Å². The third-order valence-electron chi connectivity index (χ3n) is 5.74. The standard InChI is InChI=1S/C28H25N5O4/c1-19(37-23-14-8-13-22(15-23)16-29)27(35)32(17-20-9-4-2-5-10-20)24-25(30)33(28(36)31-26(24)34)18-21-11-6-3-7-12-21/h2-15,19H,17-18,30H2,1H3,(H,31,34,36). The summed E-state index contributed by atoms with van der Waals surface area (Å²) in [7, 11) is 0. The van der Waals surface area contributed by atoms with Crippen LogP contribution in [0.25, 0.3) is 0 Å². The molecule has 0 spiro atoms. The van der Waals surface area contributed by atoms with Crippen molar-refractivity contribution >= 4 is 17.4 Å². The maximum Gasteiger partial charge on any atom is 0.330 e. The van der Waals surface area contributed by atoms with Gasteiger partial charge in [0, 0.05) is 0 Å². The summed E-state index contributed by atoms with van der Waals surface area (Å²) in [5.41, 5.74) is 6.70. The molecule has 1 heterocycles. The Kier molecular flexibility index (Phi) is 7.50. The molecule has 0 radical (unpaired) electrons. The molecule has 1 amide bonds. The van der Waals surface area contributed by atoms with E-state index < -0.39 is 23.3 Å². The van der Waals surface area contributed by atoms with Gasteiger partial charge in [-0.2, -0.15) is 5.26 Å². The molecule has 0 aliphatic carbocycles. The zero-order valence-corrected chi connectivity index (χ0v) is 20.1. The third-order valence-corrected chi connectivity index (χ3v) is 5.74. The molecule has 0 fully saturated rings. The lowest BCUT2D eigenvalue weighted by Gasteiger charge is -2.27. The van der Waals surface area contributed by atoms with Crippen LogP contribution in [-0.2, 0) is 17.9 Å². The van der Waals surface area contributed by atoms with Crippen LogP contribution in [0.3, 0.4) is 0 Å². The number of H-pyrrole nitrogens is 1. The molecular formula is C28H25N5O4. The van der Waals surface area contributed by atoms with Gasteiger partial charge in [0.1, 0.15) is 11.6 Å². The summed E-state index contributed by atoms with van der Waals surface area (Å²) in [6, 6.07) is 26.7. The Morgan fingerprint density at radius 2 is 1.68 bits per heavy atom. The monoisotopic (exact) mass is 495 g/mol. The fourth-order valence-corrected chi connectivity index (χ4v) is 3.91. The molecule has 4 rings (SSSR count). The number of aromatic nitrogens is 2. The van der Waals surface area contributed by atoms with Crippen molar-refractivity contribution in [2.45, 2.75) is 26.1 Å². The number of carbonyl (C=O) groups excluding carboxylic acids is 1. The number of nitrogen functional groups attached to an aromatic ring is 1. The van der Waals surface area contributed by atoms with Crippen molar-refractivity contribution in [3.8, 4) is 11.8 Å². The first-order valence-electron chi connectivity index (χ1n) is 11.6. The second-order valence-electron chi connectivity index (χ2n) is 8.37. The minimum Gasteiger partial charge on any atom is -0.481 e. The van der Waals surface area contributed by atoms with Crippen molar-refractivity contribution in [1.29, 1.82) is 5.26 Å². The van der Waals surface area contributed by atoms with Crippen molar-refractivity contribution in [3.63, 3.8) is 0 Å². The van der Waals surface area contributed by atoms with E-state index in [1.54, 1.807) is 25.1 Å². The van der Waals surface area contributed by atoms with E-state index in [0.717, 1.165) is 11.1 Å². The largest absolute Gasteiger partial charge is 0.481 e. The number of ether oxygens (including phenoxy) is 1. The van der Waals surface area contributed by atoms with Crippen LogP contribution in [0.1, 0.15) is 23.6 Å². The van der Waals surface area contributed by atoms with Gasteiger partial charge < -0.3 is 10.5 Å². The van der Waals surface area contributed by atoms with Crippen LogP contribution in [0.2, 0.25) is 0 Å². The predicted octanol–water partition coefficient (Wildman–Crippen LogP) is 3.04. The Balaban J connectivity index is 1.75. The summed E-state index contributed by atoms with van der Waals surface area (Å²) in [5, 5.41) is 9.16. The minimum absolute atomic E-state index is 0.0163. The van der Waals surface area contributed by atoms with Crippen molar-refractivity contribution in [1.82, 2.24) is 9.55 Å². The van der Waals surface area contributed by atoms with Gasteiger partial charge in [-0.3, -0.25) is 24.0 Å². The maximum atomic E-state index is 13.7. The number of hydrogen-bond donors (Lipinski definition) is 2. The number of nitrogens with zero attached hydrogens (tertiary/aromatic N) is 3. The molecule has 37 heavy (non-hydrogen) atoms. The SMILES string of the molecule is CC(Oc1cccc(C#N)c1)C(=O)N(Cc1ccccc1)c1c(N)n(Cc2ccccc2)c(=O)[nH]c1=O. The second kappa shape index (κ2) is 11.1. The van der Waals surface area contributed by atoms with Crippen molar-refractivity contribution < 1.29 is 9.53 Å². The summed E-state index contributed by atoms with van der Waals surface area (Å²) < 4.78 is 7.05. The lowest BCUT2D eigenvalue weighted by Crippen LogP contribution is -2.45. The molecule has 1 atom stereocenters. The van der Waals surface area contributed by atoms with E-state index in [9.17, 15) is 14.4 Å². The highest BCUT2D eigenvalue weighted by Crippen LogP contribution is 2.23. The Labute approximate surface area is 213 Å². The summed E-state index contributed by atoms with van der Waals surface area (Å²) in [6.07, 6.45) is -1.04. The van der Waals surface area contributed by atoms with Crippen LogP contribution < -0.4 is 26.6 Å². The first-order valence-corrected chi connectivity index (χ1v) is 11.6. The van der Waals surface area contributed by atoms with Gasteiger partial charge in [0.15, 0.2) is 11.8 Å². The lowest BCUT2D eigenvalue weighted by molar-refractivity contribution is -0.124. The number of aromatic amines is 1. The molecule has 3 N–H and O–H groups in total. The second-order valence-corrected chi connectivity index (χ2v) is 8.37. The summed E-state index contributed by atoms with van der Waals surface area (Å²) in [5.74, 6) is -0.357. The van der Waals surface area contributed by atoms with Gasteiger partial charge in [-0.05, 0) is 36.2 Å². The molecule has 0 bridgehead atoms. The Hall–Kier alpha value is -5.10. The molecule has 0 saturated carbocycles. The van der Waals surface area contributed by atoms with Crippen molar-refractivity contribution in [2.75, 3.05) is 10.6 Å². The molecule has 3 aromatic carbocycles. The van der Waals surface area contributed by atoms with E-state index >= 15 is 0 Å². The Morgan fingerprint density at radius 3 is 2.32 bits per heavy atom. The van der Waals surface area contributed by atoms with E-state index in [1.807, 2.05) is 66.7 Å². The number of anilines is 2. The van der Waals surface area contributed by atoms with Gasteiger partial charge in [0.05, 0.1) is 24.7 Å². The number of amides is 1. The van der Waals surface area contributed by atoms with Crippen LogP contribution in [0.15, 0.2) is 94.5 Å². The van der Waals surface area contributed by atoms with Gasteiger partial charge in [0.25, 0.3) is 11.5 Å². The van der Waals surface area contributed by atoms with Gasteiger partial charge in [-0.1, -0.05) is 66.7 Å². The van der Waals surface area contributed by atoms with Gasteiger partial charge in [-0.25, -0.2) is 4.79 Å².